The molecule has 88 valence electrons. The molecule has 0 aliphatic rings. The van der Waals surface area contributed by atoms with Crippen molar-refractivity contribution in [1.29, 1.82) is 0 Å². The third-order valence-electron chi connectivity index (χ3n) is 1.86. The third kappa shape index (κ3) is 3.62. The standard InChI is InChI=1S/C10H16N4OS/c1-10(2,3)4-7(15)13-9-6(8(11)16)5-12-14-9/h5H,4H2,1-3H3,(H2,11,16)(H2,12,13,14,15). The van der Waals surface area contributed by atoms with Crippen LogP contribution < -0.4 is 11.1 Å². The van der Waals surface area contributed by atoms with E-state index < -0.39 is 0 Å². The average Bonchev–Trinajstić information content (AvgIpc) is 2.47. The molecule has 0 aromatic carbocycles. The van der Waals surface area contributed by atoms with Crippen molar-refractivity contribution in [3.63, 3.8) is 0 Å². The molecule has 0 spiro atoms. The van der Waals surface area contributed by atoms with Gasteiger partial charge in [0, 0.05) is 6.42 Å². The van der Waals surface area contributed by atoms with Crippen LogP contribution in [0.25, 0.3) is 0 Å². The number of H-pyrrole nitrogens is 1. The lowest BCUT2D eigenvalue weighted by molar-refractivity contribution is -0.117. The summed E-state index contributed by atoms with van der Waals surface area (Å²) in [6.07, 6.45) is 1.91. The minimum atomic E-state index is -0.0887. The van der Waals surface area contributed by atoms with Gasteiger partial charge >= 0.3 is 0 Å². The number of anilines is 1. The Morgan fingerprint density at radius 2 is 2.25 bits per heavy atom. The van der Waals surface area contributed by atoms with Gasteiger partial charge in [0.2, 0.25) is 5.91 Å². The van der Waals surface area contributed by atoms with Crippen molar-refractivity contribution in [2.24, 2.45) is 11.1 Å². The monoisotopic (exact) mass is 240 g/mol. The summed E-state index contributed by atoms with van der Waals surface area (Å²) in [4.78, 5) is 11.9. The number of nitrogens with two attached hydrogens (primary N) is 1. The highest BCUT2D eigenvalue weighted by molar-refractivity contribution is 7.80. The molecule has 1 aromatic heterocycles. The summed E-state index contributed by atoms with van der Waals surface area (Å²) in [5.41, 5.74) is 5.97. The molecular formula is C10H16N4OS. The zero-order chi connectivity index (χ0) is 12.3. The molecule has 0 aliphatic heterocycles. The first-order valence-electron chi connectivity index (χ1n) is 4.92. The second-order valence-corrected chi connectivity index (χ2v) is 5.25. The number of nitrogens with zero attached hydrogens (tertiary/aromatic N) is 1. The van der Waals surface area contributed by atoms with Gasteiger partial charge in [-0.15, -0.1) is 0 Å². The fraction of sp³-hybridized carbons (Fsp3) is 0.500. The number of carbonyl (C=O) groups is 1. The van der Waals surface area contributed by atoms with E-state index in [0.29, 0.717) is 17.8 Å². The van der Waals surface area contributed by atoms with Crippen LogP contribution >= 0.6 is 12.2 Å². The first-order chi connectivity index (χ1) is 7.29. The van der Waals surface area contributed by atoms with Crippen LogP contribution in [0.3, 0.4) is 0 Å². The maximum Gasteiger partial charge on any atom is 0.226 e. The molecular weight excluding hydrogens is 224 g/mol. The Morgan fingerprint density at radius 1 is 1.62 bits per heavy atom. The summed E-state index contributed by atoms with van der Waals surface area (Å²) in [6.45, 7) is 5.98. The smallest absolute Gasteiger partial charge is 0.226 e. The van der Waals surface area contributed by atoms with Gasteiger partial charge in [-0.05, 0) is 5.41 Å². The lowest BCUT2D eigenvalue weighted by Crippen LogP contribution is -2.21. The quantitative estimate of drug-likeness (QED) is 0.698. The summed E-state index contributed by atoms with van der Waals surface area (Å²) in [5.74, 6) is 0.371. The van der Waals surface area contributed by atoms with Gasteiger partial charge in [-0.1, -0.05) is 33.0 Å². The molecule has 16 heavy (non-hydrogen) atoms. The van der Waals surface area contributed by atoms with E-state index in [1.54, 1.807) is 0 Å². The Kier molecular flexibility index (Phi) is 3.64. The van der Waals surface area contributed by atoms with Crippen molar-refractivity contribution >= 4 is 28.9 Å². The van der Waals surface area contributed by atoms with Crippen LogP contribution in [0.1, 0.15) is 32.8 Å². The number of aromatic amines is 1. The molecule has 0 unspecified atom stereocenters. The highest BCUT2D eigenvalue weighted by atomic mass is 32.1. The van der Waals surface area contributed by atoms with Gasteiger partial charge in [0.15, 0.2) is 0 Å². The number of carbonyl (C=O) groups excluding carboxylic acids is 1. The lowest BCUT2D eigenvalue weighted by Gasteiger charge is -2.17. The van der Waals surface area contributed by atoms with E-state index in [4.69, 9.17) is 18.0 Å². The first-order valence-corrected chi connectivity index (χ1v) is 5.33. The molecule has 1 aromatic rings. The topological polar surface area (TPSA) is 83.8 Å². The fourth-order valence-electron chi connectivity index (χ4n) is 1.23. The molecule has 0 aliphatic carbocycles. The highest BCUT2D eigenvalue weighted by Gasteiger charge is 2.17. The number of aromatic nitrogens is 2. The van der Waals surface area contributed by atoms with Gasteiger partial charge < -0.3 is 11.1 Å². The minimum absolute atomic E-state index is 0.0620. The van der Waals surface area contributed by atoms with Crippen molar-refractivity contribution in [2.45, 2.75) is 27.2 Å². The number of amides is 1. The first kappa shape index (κ1) is 12.6. The van der Waals surface area contributed by atoms with E-state index in [0.717, 1.165) is 0 Å². The average molecular weight is 240 g/mol. The second-order valence-electron chi connectivity index (χ2n) is 4.81. The minimum Gasteiger partial charge on any atom is -0.389 e. The van der Waals surface area contributed by atoms with E-state index in [1.807, 2.05) is 20.8 Å². The summed E-state index contributed by atoms with van der Waals surface area (Å²) >= 11 is 4.83. The Balaban J connectivity index is 2.70. The Labute approximate surface area is 99.8 Å². The van der Waals surface area contributed by atoms with Crippen molar-refractivity contribution in [2.75, 3.05) is 5.32 Å². The van der Waals surface area contributed by atoms with Gasteiger partial charge in [-0.2, -0.15) is 5.10 Å². The summed E-state index contributed by atoms with van der Waals surface area (Å²) in [7, 11) is 0. The van der Waals surface area contributed by atoms with Crippen LogP contribution in [0, 0.1) is 5.41 Å². The predicted molar refractivity (Wildman–Crippen MR) is 67.2 cm³/mol. The predicted octanol–water partition coefficient (Wildman–Crippen LogP) is 1.42. The van der Waals surface area contributed by atoms with Gasteiger partial charge in [0.05, 0.1) is 11.8 Å². The lowest BCUT2D eigenvalue weighted by atomic mass is 9.92. The van der Waals surface area contributed by atoms with Gasteiger partial charge in [-0.25, -0.2) is 0 Å². The van der Waals surface area contributed by atoms with Crippen molar-refractivity contribution in [3.8, 4) is 0 Å². The largest absolute Gasteiger partial charge is 0.389 e. The summed E-state index contributed by atoms with van der Waals surface area (Å²) in [5, 5.41) is 9.14. The van der Waals surface area contributed by atoms with Crippen LogP contribution in [-0.4, -0.2) is 21.1 Å². The molecule has 6 heteroatoms. The molecule has 0 saturated carbocycles. The van der Waals surface area contributed by atoms with Gasteiger partial charge in [-0.3, -0.25) is 9.89 Å². The van der Waals surface area contributed by atoms with Crippen LogP contribution in [0.2, 0.25) is 0 Å². The van der Waals surface area contributed by atoms with Crippen LogP contribution in [0.5, 0.6) is 0 Å². The molecule has 1 rings (SSSR count). The number of hydrogen-bond acceptors (Lipinski definition) is 3. The van der Waals surface area contributed by atoms with Crippen molar-refractivity contribution in [1.82, 2.24) is 10.2 Å². The summed E-state index contributed by atoms with van der Waals surface area (Å²) in [6, 6.07) is 0. The maximum atomic E-state index is 11.7. The number of rotatable bonds is 3. The Hall–Kier alpha value is -1.43. The van der Waals surface area contributed by atoms with E-state index in [2.05, 4.69) is 15.5 Å². The highest BCUT2D eigenvalue weighted by Crippen LogP contribution is 2.20. The molecule has 0 fully saturated rings. The second kappa shape index (κ2) is 4.61. The maximum absolute atomic E-state index is 11.7. The Bertz CT molecular complexity index is 405. The number of thiocarbonyl (C=S) groups is 1. The number of nitrogens with one attached hydrogen (secondary N) is 2. The molecule has 0 atom stereocenters. The molecule has 0 radical (unpaired) electrons. The third-order valence-corrected chi connectivity index (χ3v) is 2.08. The van der Waals surface area contributed by atoms with Crippen LogP contribution in [0.4, 0.5) is 5.82 Å². The zero-order valence-electron chi connectivity index (χ0n) is 9.63. The zero-order valence-corrected chi connectivity index (χ0v) is 10.4. The molecule has 0 bridgehead atoms. The fourth-order valence-corrected chi connectivity index (χ4v) is 1.39. The number of hydrogen-bond donors (Lipinski definition) is 3. The molecule has 4 N–H and O–H groups in total. The van der Waals surface area contributed by atoms with Crippen LogP contribution in [-0.2, 0) is 4.79 Å². The molecule has 0 saturated heterocycles. The molecule has 1 heterocycles. The normalized spacial score (nSPS) is 11.2. The Morgan fingerprint density at radius 3 is 2.75 bits per heavy atom. The van der Waals surface area contributed by atoms with Gasteiger partial charge in [0.1, 0.15) is 10.8 Å². The van der Waals surface area contributed by atoms with Crippen LogP contribution in [0.15, 0.2) is 6.20 Å². The van der Waals surface area contributed by atoms with E-state index >= 15 is 0 Å². The van der Waals surface area contributed by atoms with Crippen molar-refractivity contribution in [3.05, 3.63) is 11.8 Å². The van der Waals surface area contributed by atoms with Gasteiger partial charge in [0.25, 0.3) is 0 Å². The summed E-state index contributed by atoms with van der Waals surface area (Å²) < 4.78 is 0. The van der Waals surface area contributed by atoms with E-state index in [-0.39, 0.29) is 16.3 Å². The SMILES string of the molecule is CC(C)(C)CC(=O)Nc1[nH]ncc1C(N)=S. The molecule has 5 nitrogen and oxygen atoms in total. The van der Waals surface area contributed by atoms with E-state index in [1.165, 1.54) is 6.20 Å². The van der Waals surface area contributed by atoms with Crippen molar-refractivity contribution < 1.29 is 4.79 Å². The van der Waals surface area contributed by atoms with E-state index in [9.17, 15) is 4.79 Å². The molecule has 1 amide bonds.